The molecule has 0 radical (unpaired) electrons. The Bertz CT molecular complexity index is 342. The van der Waals surface area contributed by atoms with E-state index in [0.717, 1.165) is 6.07 Å². The summed E-state index contributed by atoms with van der Waals surface area (Å²) < 4.78 is 0. The van der Waals surface area contributed by atoms with Crippen LogP contribution in [0.2, 0.25) is 0 Å². The van der Waals surface area contributed by atoms with E-state index >= 15 is 0 Å². The fourth-order valence-corrected chi connectivity index (χ4v) is 0.655. The first kappa shape index (κ1) is 7.98. The molecule has 0 spiro atoms. The Kier molecular flexibility index (Phi) is 1.66. The van der Waals surface area contributed by atoms with E-state index in [0.29, 0.717) is 4.79 Å². The SMILES string of the molecule is NC(=O)c1cc([N+](=O)[O-])nn1N. The van der Waals surface area contributed by atoms with Crippen LogP contribution < -0.4 is 11.6 Å². The molecular weight excluding hydrogens is 166 g/mol. The third kappa shape index (κ3) is 1.17. The molecule has 0 saturated heterocycles. The van der Waals surface area contributed by atoms with E-state index in [2.05, 4.69) is 5.10 Å². The maximum Gasteiger partial charge on any atom is 0.392 e. The molecule has 0 bridgehead atoms. The number of nitrogens with zero attached hydrogens (tertiary/aromatic N) is 3. The van der Waals surface area contributed by atoms with Crippen LogP contribution >= 0.6 is 0 Å². The van der Waals surface area contributed by atoms with Gasteiger partial charge in [-0.25, -0.2) is 0 Å². The van der Waals surface area contributed by atoms with E-state index in [1.807, 2.05) is 0 Å². The molecule has 4 N–H and O–H groups in total. The van der Waals surface area contributed by atoms with Gasteiger partial charge in [0, 0.05) is 0 Å². The third-order valence-corrected chi connectivity index (χ3v) is 1.16. The summed E-state index contributed by atoms with van der Waals surface area (Å²) >= 11 is 0. The van der Waals surface area contributed by atoms with Gasteiger partial charge in [0.05, 0.1) is 11.2 Å². The first-order valence-electron chi connectivity index (χ1n) is 2.81. The molecule has 12 heavy (non-hydrogen) atoms. The van der Waals surface area contributed by atoms with Crippen LogP contribution in [0.4, 0.5) is 5.82 Å². The number of nitrogens with two attached hydrogens (primary N) is 2. The lowest BCUT2D eigenvalue weighted by Crippen LogP contribution is -2.22. The van der Waals surface area contributed by atoms with Crippen molar-refractivity contribution in [2.24, 2.45) is 5.73 Å². The summed E-state index contributed by atoms with van der Waals surface area (Å²) in [7, 11) is 0. The van der Waals surface area contributed by atoms with Crippen molar-refractivity contribution >= 4 is 11.7 Å². The topological polar surface area (TPSA) is 130 Å². The highest BCUT2D eigenvalue weighted by Crippen LogP contribution is 2.08. The number of rotatable bonds is 2. The molecule has 0 aliphatic carbocycles. The quantitative estimate of drug-likeness (QED) is 0.321. The van der Waals surface area contributed by atoms with Gasteiger partial charge >= 0.3 is 5.82 Å². The van der Waals surface area contributed by atoms with Crippen molar-refractivity contribution in [2.45, 2.75) is 0 Å². The van der Waals surface area contributed by atoms with Gasteiger partial charge in [0.2, 0.25) is 0 Å². The molecule has 0 aromatic carbocycles. The predicted octanol–water partition coefficient (Wildman–Crippen LogP) is -1.40. The van der Waals surface area contributed by atoms with Crippen LogP contribution in [0.15, 0.2) is 6.07 Å². The van der Waals surface area contributed by atoms with E-state index < -0.39 is 16.6 Å². The number of nitro groups is 1. The number of nitrogen functional groups attached to an aromatic ring is 1. The Morgan fingerprint density at radius 1 is 1.75 bits per heavy atom. The van der Waals surface area contributed by atoms with Gasteiger partial charge in [-0.05, 0) is 4.92 Å². The normalized spacial score (nSPS) is 9.67. The number of amides is 1. The van der Waals surface area contributed by atoms with E-state index in [1.165, 1.54) is 0 Å². The van der Waals surface area contributed by atoms with E-state index in [9.17, 15) is 14.9 Å². The maximum atomic E-state index is 10.5. The molecule has 1 heterocycles. The Morgan fingerprint density at radius 2 is 2.33 bits per heavy atom. The number of carbonyl (C=O) groups is 1. The van der Waals surface area contributed by atoms with Gasteiger partial charge in [0.1, 0.15) is 0 Å². The van der Waals surface area contributed by atoms with Crippen LogP contribution in [-0.4, -0.2) is 20.7 Å². The van der Waals surface area contributed by atoms with Crippen molar-refractivity contribution in [1.82, 2.24) is 9.89 Å². The van der Waals surface area contributed by atoms with Gasteiger partial charge in [-0.2, -0.15) is 0 Å². The van der Waals surface area contributed by atoms with Crippen LogP contribution in [-0.2, 0) is 0 Å². The minimum atomic E-state index is -0.863. The molecule has 8 heteroatoms. The van der Waals surface area contributed by atoms with Crippen molar-refractivity contribution in [3.8, 4) is 0 Å². The Hall–Kier alpha value is -2.12. The molecule has 0 fully saturated rings. The highest BCUT2D eigenvalue weighted by Gasteiger charge is 2.19. The summed E-state index contributed by atoms with van der Waals surface area (Å²) in [4.78, 5) is 20.4. The van der Waals surface area contributed by atoms with E-state index in [4.69, 9.17) is 11.6 Å². The molecule has 1 rings (SSSR count). The summed E-state index contributed by atoms with van der Waals surface area (Å²) in [5.41, 5.74) is 4.62. The number of primary amides is 1. The lowest BCUT2D eigenvalue weighted by atomic mass is 10.4. The number of hydrogen-bond acceptors (Lipinski definition) is 5. The van der Waals surface area contributed by atoms with E-state index in [1.54, 1.807) is 0 Å². The molecule has 8 nitrogen and oxygen atoms in total. The van der Waals surface area contributed by atoms with Crippen molar-refractivity contribution in [3.05, 3.63) is 21.9 Å². The molecule has 1 aromatic heterocycles. The predicted molar refractivity (Wildman–Crippen MR) is 37.5 cm³/mol. The Morgan fingerprint density at radius 3 is 2.58 bits per heavy atom. The van der Waals surface area contributed by atoms with Gasteiger partial charge in [-0.15, -0.1) is 0 Å². The summed E-state index contributed by atoms with van der Waals surface area (Å²) in [6.07, 6.45) is 0. The lowest BCUT2D eigenvalue weighted by Gasteiger charge is -1.86. The molecule has 0 aliphatic heterocycles. The van der Waals surface area contributed by atoms with Gasteiger partial charge in [-0.3, -0.25) is 4.79 Å². The highest BCUT2D eigenvalue weighted by molar-refractivity contribution is 5.91. The van der Waals surface area contributed by atoms with Gasteiger partial charge in [0.25, 0.3) is 5.91 Å². The molecule has 1 aromatic rings. The summed E-state index contributed by atoms with van der Waals surface area (Å²) in [5.74, 6) is 3.71. The standard InChI is InChI=1S/C4H5N5O3/c5-4(10)2-1-3(9(11)12)7-8(2)6/h1H,6H2,(H2,5,10). The second kappa shape index (κ2) is 2.49. The minimum Gasteiger partial charge on any atom is -0.364 e. The second-order valence-electron chi connectivity index (χ2n) is 1.95. The third-order valence-electron chi connectivity index (χ3n) is 1.16. The van der Waals surface area contributed by atoms with Crippen LogP contribution in [0.3, 0.4) is 0 Å². The maximum absolute atomic E-state index is 10.5. The summed E-state index contributed by atoms with van der Waals surface area (Å²) in [5, 5.41) is 13.3. The summed E-state index contributed by atoms with van der Waals surface area (Å²) in [6.45, 7) is 0. The number of carbonyl (C=O) groups excluding carboxylic acids is 1. The van der Waals surface area contributed by atoms with Crippen molar-refractivity contribution in [3.63, 3.8) is 0 Å². The van der Waals surface area contributed by atoms with Crippen LogP contribution in [0, 0.1) is 10.1 Å². The number of aromatic nitrogens is 2. The molecule has 64 valence electrons. The molecular formula is C4H5N5O3. The minimum absolute atomic E-state index is 0.207. The summed E-state index contributed by atoms with van der Waals surface area (Å²) in [6, 6.07) is 0.905. The molecule has 0 unspecified atom stereocenters. The first-order chi connectivity index (χ1) is 5.52. The molecule has 0 aliphatic rings. The monoisotopic (exact) mass is 171 g/mol. The van der Waals surface area contributed by atoms with Crippen molar-refractivity contribution in [1.29, 1.82) is 0 Å². The van der Waals surface area contributed by atoms with Gasteiger partial charge in [0.15, 0.2) is 5.69 Å². The first-order valence-corrected chi connectivity index (χ1v) is 2.81. The van der Waals surface area contributed by atoms with Crippen LogP contribution in [0.5, 0.6) is 0 Å². The van der Waals surface area contributed by atoms with Crippen molar-refractivity contribution in [2.75, 3.05) is 5.84 Å². The fraction of sp³-hybridized carbons (Fsp3) is 0. The smallest absolute Gasteiger partial charge is 0.364 e. The van der Waals surface area contributed by atoms with Crippen LogP contribution in [0.25, 0.3) is 0 Å². The lowest BCUT2D eigenvalue weighted by molar-refractivity contribution is -0.389. The number of hydrogen-bond donors (Lipinski definition) is 2. The van der Waals surface area contributed by atoms with Crippen LogP contribution in [0.1, 0.15) is 10.5 Å². The largest absolute Gasteiger partial charge is 0.392 e. The second-order valence-corrected chi connectivity index (χ2v) is 1.95. The zero-order valence-corrected chi connectivity index (χ0v) is 5.80. The van der Waals surface area contributed by atoms with Gasteiger partial charge < -0.3 is 21.7 Å². The average molecular weight is 171 g/mol. The zero-order valence-electron chi connectivity index (χ0n) is 5.80. The zero-order chi connectivity index (χ0) is 9.30. The molecule has 1 amide bonds. The Labute approximate surface area is 65.9 Å². The van der Waals surface area contributed by atoms with E-state index in [-0.39, 0.29) is 5.69 Å². The highest BCUT2D eigenvalue weighted by atomic mass is 16.6. The Balaban J connectivity index is 3.17. The molecule has 0 atom stereocenters. The average Bonchev–Trinajstić information content (AvgIpc) is 2.30. The fourth-order valence-electron chi connectivity index (χ4n) is 0.655. The van der Waals surface area contributed by atoms with Crippen molar-refractivity contribution < 1.29 is 9.72 Å². The van der Waals surface area contributed by atoms with Gasteiger partial charge in [-0.1, -0.05) is 4.79 Å². The molecule has 0 saturated carbocycles.